The first kappa shape index (κ1) is 18.8. The second kappa shape index (κ2) is 8.58. The molecule has 0 aliphatic carbocycles. The van der Waals surface area contributed by atoms with Crippen molar-refractivity contribution in [2.24, 2.45) is 5.92 Å². The molecule has 1 aromatic heterocycles. The Morgan fingerprint density at radius 3 is 2.62 bits per heavy atom. The molecular weight excluding hydrogens is 348 g/mol. The fourth-order valence-corrected chi connectivity index (χ4v) is 3.95. The topological polar surface area (TPSA) is 59.5 Å². The van der Waals surface area contributed by atoms with Crippen LogP contribution in [0.4, 0.5) is 10.8 Å². The van der Waals surface area contributed by atoms with Crippen LogP contribution in [0, 0.1) is 5.92 Å². The van der Waals surface area contributed by atoms with E-state index in [2.05, 4.69) is 28.4 Å². The quantitative estimate of drug-likeness (QED) is 0.792. The molecule has 1 aromatic carbocycles. The van der Waals surface area contributed by atoms with Gasteiger partial charge in [-0.3, -0.25) is 0 Å². The lowest BCUT2D eigenvalue weighted by molar-refractivity contribution is 0.394. The van der Waals surface area contributed by atoms with Crippen LogP contribution < -0.4 is 19.7 Å². The molecule has 142 valence electrons. The zero-order chi connectivity index (χ0) is 18.5. The van der Waals surface area contributed by atoms with E-state index in [1.165, 1.54) is 11.5 Å². The Kier molecular flexibility index (Phi) is 6.19. The first-order chi connectivity index (χ1) is 12.6. The van der Waals surface area contributed by atoms with Gasteiger partial charge >= 0.3 is 0 Å². The summed E-state index contributed by atoms with van der Waals surface area (Å²) in [4.78, 5) is 7.08. The van der Waals surface area contributed by atoms with Crippen molar-refractivity contribution in [1.82, 2.24) is 9.36 Å². The Hall–Kier alpha value is -2.02. The van der Waals surface area contributed by atoms with Crippen LogP contribution in [0.2, 0.25) is 0 Å². The molecular formula is C19H28N4O2S. The van der Waals surface area contributed by atoms with Crippen LogP contribution in [0.15, 0.2) is 18.2 Å². The van der Waals surface area contributed by atoms with Crippen LogP contribution in [0.25, 0.3) is 0 Å². The second-order valence-corrected chi connectivity index (χ2v) is 7.85. The molecule has 0 bridgehead atoms. The van der Waals surface area contributed by atoms with Crippen molar-refractivity contribution in [2.45, 2.75) is 39.2 Å². The van der Waals surface area contributed by atoms with E-state index in [1.807, 2.05) is 18.2 Å². The molecule has 1 unspecified atom stereocenters. The van der Waals surface area contributed by atoms with E-state index in [4.69, 9.17) is 14.5 Å². The van der Waals surface area contributed by atoms with Crippen LogP contribution in [0.5, 0.6) is 11.5 Å². The first-order valence-electron chi connectivity index (χ1n) is 9.14. The Balaban J connectivity index is 1.66. The highest BCUT2D eigenvalue weighted by Gasteiger charge is 2.23. The number of anilines is 2. The van der Waals surface area contributed by atoms with Crippen molar-refractivity contribution in [3.8, 4) is 11.5 Å². The Morgan fingerprint density at radius 2 is 1.96 bits per heavy atom. The lowest BCUT2D eigenvalue weighted by Gasteiger charge is -2.33. The Labute approximate surface area is 159 Å². The molecule has 1 aliphatic heterocycles. The van der Waals surface area contributed by atoms with Gasteiger partial charge in [-0.2, -0.15) is 4.37 Å². The van der Waals surface area contributed by atoms with Gasteiger partial charge in [-0.25, -0.2) is 4.98 Å². The summed E-state index contributed by atoms with van der Waals surface area (Å²) in [6.07, 6.45) is 3.21. The highest BCUT2D eigenvalue weighted by atomic mass is 32.1. The fourth-order valence-electron chi connectivity index (χ4n) is 3.22. The number of methoxy groups -OCH3 is 2. The summed E-state index contributed by atoms with van der Waals surface area (Å²) in [7, 11) is 3.34. The maximum Gasteiger partial charge on any atom is 0.205 e. The summed E-state index contributed by atoms with van der Waals surface area (Å²) in [5.74, 6) is 3.13. The van der Waals surface area contributed by atoms with Crippen LogP contribution in [0.3, 0.4) is 0 Å². The average molecular weight is 377 g/mol. The van der Waals surface area contributed by atoms with E-state index < -0.39 is 0 Å². The Morgan fingerprint density at radius 1 is 1.23 bits per heavy atom. The maximum atomic E-state index is 5.36. The second-order valence-electron chi connectivity index (χ2n) is 7.12. The molecule has 1 aliphatic rings. The van der Waals surface area contributed by atoms with Crippen LogP contribution >= 0.6 is 11.5 Å². The van der Waals surface area contributed by atoms with E-state index in [0.29, 0.717) is 12.0 Å². The van der Waals surface area contributed by atoms with Crippen molar-refractivity contribution in [3.63, 3.8) is 0 Å². The number of ether oxygens (including phenoxy) is 2. The average Bonchev–Trinajstić information content (AvgIpc) is 3.09. The van der Waals surface area contributed by atoms with Crippen molar-refractivity contribution in [2.75, 3.05) is 37.5 Å². The van der Waals surface area contributed by atoms with Crippen LogP contribution in [-0.4, -0.2) is 42.7 Å². The zero-order valence-electron chi connectivity index (χ0n) is 16.0. The monoisotopic (exact) mass is 376 g/mol. The summed E-state index contributed by atoms with van der Waals surface area (Å²) in [6.45, 7) is 6.36. The van der Waals surface area contributed by atoms with Gasteiger partial charge in [0.15, 0.2) is 0 Å². The molecule has 1 fully saturated rings. The molecule has 1 atom stereocenters. The number of rotatable bonds is 7. The van der Waals surface area contributed by atoms with E-state index in [0.717, 1.165) is 60.5 Å². The van der Waals surface area contributed by atoms with Gasteiger partial charge in [-0.1, -0.05) is 13.8 Å². The summed E-state index contributed by atoms with van der Waals surface area (Å²) in [5, 5.41) is 4.66. The molecule has 2 heterocycles. The number of nitrogens with zero attached hydrogens (tertiary/aromatic N) is 3. The minimum atomic E-state index is 0.359. The third kappa shape index (κ3) is 4.78. The predicted octanol–water partition coefficient (Wildman–Crippen LogP) is 3.83. The van der Waals surface area contributed by atoms with Gasteiger partial charge < -0.3 is 19.7 Å². The molecule has 1 saturated heterocycles. The maximum absolute atomic E-state index is 5.36. The zero-order valence-corrected chi connectivity index (χ0v) is 16.8. The van der Waals surface area contributed by atoms with Gasteiger partial charge in [-0.05, 0) is 18.8 Å². The number of aromatic nitrogens is 2. The third-order valence-corrected chi connectivity index (χ3v) is 5.28. The molecule has 26 heavy (non-hydrogen) atoms. The minimum absolute atomic E-state index is 0.359. The summed E-state index contributed by atoms with van der Waals surface area (Å²) >= 11 is 1.52. The molecule has 7 heteroatoms. The van der Waals surface area contributed by atoms with Gasteiger partial charge in [0.25, 0.3) is 0 Å². The van der Waals surface area contributed by atoms with Crippen molar-refractivity contribution in [1.29, 1.82) is 0 Å². The molecule has 0 saturated carbocycles. The normalized spacial score (nSPS) is 17.4. The number of hydrogen-bond donors (Lipinski definition) is 1. The molecule has 0 spiro atoms. The van der Waals surface area contributed by atoms with E-state index in [1.54, 1.807) is 14.2 Å². The molecule has 3 rings (SSSR count). The largest absolute Gasteiger partial charge is 0.497 e. The summed E-state index contributed by atoms with van der Waals surface area (Å²) in [5.41, 5.74) is 1.02. The standard InChI is InChI=1S/C19H28N4O2S/c1-13(2)8-18-21-19(26-22-18)23-7-5-6-14(12-23)20-15-9-16(24-3)11-17(10-15)25-4/h9-11,13-14,20H,5-8,12H2,1-4H3. The Bertz CT molecular complexity index is 697. The molecule has 1 N–H and O–H groups in total. The van der Waals surface area contributed by atoms with Gasteiger partial charge in [-0.15, -0.1) is 0 Å². The van der Waals surface area contributed by atoms with Gasteiger partial charge in [0.1, 0.15) is 17.3 Å². The number of piperidine rings is 1. The summed E-state index contributed by atoms with van der Waals surface area (Å²) < 4.78 is 15.2. The smallest absolute Gasteiger partial charge is 0.205 e. The number of benzene rings is 1. The molecule has 0 amide bonds. The van der Waals surface area contributed by atoms with Crippen molar-refractivity contribution < 1.29 is 9.47 Å². The minimum Gasteiger partial charge on any atom is -0.497 e. The lowest BCUT2D eigenvalue weighted by Crippen LogP contribution is -2.42. The summed E-state index contributed by atoms with van der Waals surface area (Å²) in [6, 6.07) is 6.26. The van der Waals surface area contributed by atoms with Gasteiger partial charge in [0.2, 0.25) is 5.13 Å². The highest BCUT2D eigenvalue weighted by Crippen LogP contribution is 2.28. The van der Waals surface area contributed by atoms with Gasteiger partial charge in [0, 0.05) is 61.0 Å². The lowest BCUT2D eigenvalue weighted by atomic mass is 10.1. The number of nitrogens with one attached hydrogen (secondary N) is 1. The predicted molar refractivity (Wildman–Crippen MR) is 107 cm³/mol. The third-order valence-electron chi connectivity index (χ3n) is 4.46. The fraction of sp³-hybridized carbons (Fsp3) is 0.579. The molecule has 2 aromatic rings. The van der Waals surface area contributed by atoms with Crippen LogP contribution in [0.1, 0.15) is 32.5 Å². The van der Waals surface area contributed by atoms with Crippen LogP contribution in [-0.2, 0) is 6.42 Å². The van der Waals surface area contributed by atoms with Gasteiger partial charge in [0.05, 0.1) is 14.2 Å². The van der Waals surface area contributed by atoms with E-state index in [-0.39, 0.29) is 0 Å². The highest BCUT2D eigenvalue weighted by molar-refractivity contribution is 7.09. The van der Waals surface area contributed by atoms with E-state index >= 15 is 0 Å². The van der Waals surface area contributed by atoms with E-state index in [9.17, 15) is 0 Å². The SMILES string of the molecule is COc1cc(NC2CCCN(c3nc(CC(C)C)ns3)C2)cc(OC)c1. The first-order valence-corrected chi connectivity index (χ1v) is 9.92. The number of hydrogen-bond acceptors (Lipinski definition) is 7. The van der Waals surface area contributed by atoms with Crippen molar-refractivity contribution >= 4 is 22.4 Å². The molecule has 0 radical (unpaired) electrons. The van der Waals surface area contributed by atoms with Crippen molar-refractivity contribution in [3.05, 3.63) is 24.0 Å². The molecule has 6 nitrogen and oxygen atoms in total.